The summed E-state index contributed by atoms with van der Waals surface area (Å²) < 4.78 is 7.79. The third-order valence-electron chi connectivity index (χ3n) is 4.63. The second-order valence-electron chi connectivity index (χ2n) is 6.12. The fourth-order valence-electron chi connectivity index (χ4n) is 3.43. The smallest absolute Gasteiger partial charge is 0.410 e. The van der Waals surface area contributed by atoms with E-state index in [-0.39, 0.29) is 17.6 Å². The number of piperidine rings is 1. The average Bonchev–Trinajstić information content (AvgIpc) is 3.02. The average molecular weight is 386 g/mol. The van der Waals surface area contributed by atoms with Crippen LogP contribution in [0.25, 0.3) is 5.52 Å². The number of carbonyl (C=O) groups is 1. The predicted molar refractivity (Wildman–Crippen MR) is 84.1 cm³/mol. The molecule has 0 saturated carbocycles. The third kappa shape index (κ3) is 1.95. The summed E-state index contributed by atoms with van der Waals surface area (Å²) in [6, 6.07) is 0.195. The van der Waals surface area contributed by atoms with Crippen LogP contribution in [0.1, 0.15) is 25.6 Å². The van der Waals surface area contributed by atoms with Crippen LogP contribution in [0.3, 0.4) is 0 Å². The van der Waals surface area contributed by atoms with Crippen molar-refractivity contribution in [2.45, 2.75) is 31.2 Å². The maximum Gasteiger partial charge on any atom is 0.410 e. The van der Waals surface area contributed by atoms with Crippen molar-refractivity contribution in [1.82, 2.24) is 19.3 Å². The summed E-state index contributed by atoms with van der Waals surface area (Å²) in [5.41, 5.74) is 0.506. The molecule has 2 saturated heterocycles. The Labute approximate surface area is 140 Å². The molecule has 116 valence electrons. The topological polar surface area (TPSA) is 59.7 Å². The largest absolute Gasteiger partial charge is 0.447 e. The van der Waals surface area contributed by atoms with Crippen molar-refractivity contribution in [2.75, 3.05) is 13.2 Å². The molecule has 2 aromatic rings. The van der Waals surface area contributed by atoms with Crippen LogP contribution in [0.5, 0.6) is 0 Å². The standard InChI is InChI=1S/C14H14BrClN4O2/c1-14(3-2-8-6-22-13(21)20(8)7-14)12-18-10(15)9-11(16)17-4-5-19(9)12/h4-5,8H,2-3,6-7H2,1H3/t8-,14+/m1/s1. The van der Waals surface area contributed by atoms with E-state index in [9.17, 15) is 4.79 Å². The Morgan fingerprint density at radius 1 is 1.55 bits per heavy atom. The molecule has 22 heavy (non-hydrogen) atoms. The highest BCUT2D eigenvalue weighted by molar-refractivity contribution is 9.10. The van der Waals surface area contributed by atoms with Gasteiger partial charge in [0, 0.05) is 24.4 Å². The molecule has 4 rings (SSSR count). The molecule has 2 aliphatic heterocycles. The molecule has 2 aliphatic rings. The minimum Gasteiger partial charge on any atom is -0.447 e. The van der Waals surface area contributed by atoms with E-state index in [1.54, 1.807) is 6.20 Å². The van der Waals surface area contributed by atoms with Gasteiger partial charge >= 0.3 is 6.09 Å². The lowest BCUT2D eigenvalue weighted by atomic mass is 9.79. The number of amides is 1. The van der Waals surface area contributed by atoms with Crippen LogP contribution in [-0.4, -0.2) is 44.6 Å². The lowest BCUT2D eigenvalue weighted by molar-refractivity contribution is 0.131. The van der Waals surface area contributed by atoms with Crippen molar-refractivity contribution in [3.05, 3.63) is 28.0 Å². The molecule has 0 bridgehead atoms. The van der Waals surface area contributed by atoms with Gasteiger partial charge in [0.1, 0.15) is 22.6 Å². The highest BCUT2D eigenvalue weighted by Gasteiger charge is 2.46. The number of hydrogen-bond acceptors (Lipinski definition) is 4. The predicted octanol–water partition coefficient (Wildman–Crippen LogP) is 3.02. The Morgan fingerprint density at radius 2 is 2.36 bits per heavy atom. The summed E-state index contributed by atoms with van der Waals surface area (Å²) in [6.07, 6.45) is 5.14. The number of aromatic nitrogens is 3. The molecule has 1 amide bonds. The lowest BCUT2D eigenvalue weighted by Crippen LogP contribution is -2.49. The maximum atomic E-state index is 11.9. The maximum absolute atomic E-state index is 11.9. The Balaban J connectivity index is 1.81. The number of rotatable bonds is 1. The van der Waals surface area contributed by atoms with Crippen LogP contribution in [-0.2, 0) is 10.2 Å². The minimum absolute atomic E-state index is 0.195. The number of imidazole rings is 1. The van der Waals surface area contributed by atoms with Crippen molar-refractivity contribution >= 4 is 39.1 Å². The van der Waals surface area contributed by atoms with Gasteiger partial charge in [-0.15, -0.1) is 0 Å². The first-order chi connectivity index (χ1) is 10.5. The van der Waals surface area contributed by atoms with E-state index in [2.05, 4.69) is 32.8 Å². The highest BCUT2D eigenvalue weighted by Crippen LogP contribution is 2.39. The molecular weight excluding hydrogens is 372 g/mol. The number of carbonyl (C=O) groups excluding carboxylic acids is 1. The summed E-state index contributed by atoms with van der Waals surface area (Å²) in [6.45, 7) is 3.23. The molecule has 0 aromatic carbocycles. The first kappa shape index (κ1) is 14.3. The van der Waals surface area contributed by atoms with Crippen molar-refractivity contribution < 1.29 is 9.53 Å². The summed E-state index contributed by atoms with van der Waals surface area (Å²) >= 11 is 9.65. The summed E-state index contributed by atoms with van der Waals surface area (Å²) in [5.74, 6) is 0.886. The van der Waals surface area contributed by atoms with Gasteiger partial charge in [-0.05, 0) is 28.8 Å². The molecule has 0 unspecified atom stereocenters. The summed E-state index contributed by atoms with van der Waals surface area (Å²) in [5, 5.41) is 0.408. The number of cyclic esters (lactones) is 1. The minimum atomic E-state index is -0.251. The second-order valence-corrected chi connectivity index (χ2v) is 7.23. The zero-order valence-electron chi connectivity index (χ0n) is 11.9. The fraction of sp³-hybridized carbons (Fsp3) is 0.500. The molecule has 4 heterocycles. The molecule has 6 nitrogen and oxygen atoms in total. The van der Waals surface area contributed by atoms with E-state index in [1.165, 1.54) is 0 Å². The molecule has 2 atom stereocenters. The number of halogens is 2. The fourth-order valence-corrected chi connectivity index (χ4v) is 4.33. The van der Waals surface area contributed by atoms with Crippen LogP contribution in [0.15, 0.2) is 17.0 Å². The van der Waals surface area contributed by atoms with Gasteiger partial charge in [0.25, 0.3) is 0 Å². The van der Waals surface area contributed by atoms with Gasteiger partial charge in [0.05, 0.1) is 6.04 Å². The summed E-state index contributed by atoms with van der Waals surface area (Å²) in [4.78, 5) is 22.5. The number of ether oxygens (including phenoxy) is 1. The van der Waals surface area contributed by atoms with Gasteiger partial charge < -0.3 is 9.64 Å². The quantitative estimate of drug-likeness (QED) is 0.757. The van der Waals surface area contributed by atoms with Crippen LogP contribution >= 0.6 is 27.5 Å². The van der Waals surface area contributed by atoms with Gasteiger partial charge in [-0.2, -0.15) is 0 Å². The van der Waals surface area contributed by atoms with Crippen LogP contribution in [0.2, 0.25) is 5.15 Å². The van der Waals surface area contributed by atoms with E-state index in [0.29, 0.717) is 22.9 Å². The monoisotopic (exact) mass is 384 g/mol. The molecule has 0 aliphatic carbocycles. The Morgan fingerprint density at radius 3 is 3.18 bits per heavy atom. The SMILES string of the molecule is C[C@]1(c2nc(Br)c3c(Cl)nccn23)CC[C@@H]2COC(=O)N2C1. The molecular formula is C14H14BrClN4O2. The molecule has 2 aromatic heterocycles. The van der Waals surface area contributed by atoms with Crippen molar-refractivity contribution in [2.24, 2.45) is 0 Å². The van der Waals surface area contributed by atoms with Crippen molar-refractivity contribution in [3.8, 4) is 0 Å². The van der Waals surface area contributed by atoms with Gasteiger partial charge in [-0.25, -0.2) is 14.8 Å². The van der Waals surface area contributed by atoms with Gasteiger partial charge in [0.15, 0.2) is 5.15 Å². The Hall–Kier alpha value is -1.34. The molecule has 8 heteroatoms. The first-order valence-electron chi connectivity index (χ1n) is 7.11. The van der Waals surface area contributed by atoms with Crippen LogP contribution in [0, 0.1) is 0 Å². The molecule has 0 N–H and O–H groups in total. The van der Waals surface area contributed by atoms with Gasteiger partial charge in [-0.3, -0.25) is 4.40 Å². The van der Waals surface area contributed by atoms with Gasteiger partial charge in [-0.1, -0.05) is 18.5 Å². The van der Waals surface area contributed by atoms with Crippen molar-refractivity contribution in [3.63, 3.8) is 0 Å². The van der Waals surface area contributed by atoms with E-state index in [0.717, 1.165) is 24.2 Å². The number of fused-ring (bicyclic) bond motifs is 2. The van der Waals surface area contributed by atoms with E-state index >= 15 is 0 Å². The Kier molecular flexibility index (Phi) is 3.13. The molecule has 0 spiro atoms. The normalized spacial score (nSPS) is 28.0. The highest BCUT2D eigenvalue weighted by atomic mass is 79.9. The molecule has 2 fully saturated rings. The molecule has 0 radical (unpaired) electrons. The zero-order valence-corrected chi connectivity index (χ0v) is 14.3. The third-order valence-corrected chi connectivity index (χ3v) is 5.46. The number of hydrogen-bond donors (Lipinski definition) is 0. The number of nitrogens with zero attached hydrogens (tertiary/aromatic N) is 4. The van der Waals surface area contributed by atoms with Crippen molar-refractivity contribution in [1.29, 1.82) is 0 Å². The zero-order chi connectivity index (χ0) is 15.5. The first-order valence-corrected chi connectivity index (χ1v) is 8.29. The summed E-state index contributed by atoms with van der Waals surface area (Å²) in [7, 11) is 0. The van der Waals surface area contributed by atoms with E-state index in [1.807, 2.05) is 15.5 Å². The van der Waals surface area contributed by atoms with Crippen LogP contribution < -0.4 is 0 Å². The lowest BCUT2D eigenvalue weighted by Gasteiger charge is -2.39. The van der Waals surface area contributed by atoms with Crippen LogP contribution in [0.4, 0.5) is 4.79 Å². The van der Waals surface area contributed by atoms with Gasteiger partial charge in [0.2, 0.25) is 0 Å². The van der Waals surface area contributed by atoms with E-state index < -0.39 is 0 Å². The second kappa shape index (κ2) is 4.83. The van der Waals surface area contributed by atoms with E-state index in [4.69, 9.17) is 16.3 Å². The Bertz CT molecular complexity index is 780.